The van der Waals surface area contributed by atoms with E-state index in [-0.39, 0.29) is 11.5 Å². The Balaban J connectivity index is 1.62. The van der Waals surface area contributed by atoms with Crippen molar-refractivity contribution >= 4 is 5.69 Å². The monoisotopic (exact) mass is 324 g/mol. The van der Waals surface area contributed by atoms with Crippen molar-refractivity contribution in [3.63, 3.8) is 0 Å². The van der Waals surface area contributed by atoms with Crippen molar-refractivity contribution in [1.82, 2.24) is 4.90 Å². The molecule has 24 heavy (non-hydrogen) atoms. The zero-order valence-electron chi connectivity index (χ0n) is 14.2. The van der Waals surface area contributed by atoms with Crippen molar-refractivity contribution in [3.8, 4) is 5.75 Å². The molecule has 7 rings (SSSR count). The highest BCUT2D eigenvalue weighted by Crippen LogP contribution is 2.68. The number of aliphatic hydroxyl groups is 1. The van der Waals surface area contributed by atoms with Crippen molar-refractivity contribution in [2.75, 3.05) is 18.5 Å². The highest BCUT2D eigenvalue weighted by Gasteiger charge is 2.74. The Bertz CT molecular complexity index is 790. The number of anilines is 1. The fourth-order valence-electron chi connectivity index (χ4n) is 7.38. The lowest BCUT2D eigenvalue weighted by atomic mass is 9.65. The number of hydrogen-bond donors (Lipinski definition) is 2. The van der Waals surface area contributed by atoms with Crippen LogP contribution in [0.25, 0.3) is 0 Å². The first-order chi connectivity index (χ1) is 11.6. The predicted molar refractivity (Wildman–Crippen MR) is 92.2 cm³/mol. The normalized spacial score (nSPS) is 51.4. The summed E-state index contributed by atoms with van der Waals surface area (Å²) < 4.78 is 0. The van der Waals surface area contributed by atoms with Gasteiger partial charge in [-0.2, -0.15) is 0 Å². The molecule has 0 aromatic heterocycles. The molecule has 1 aromatic rings. The SMILES string of the molecule is C/C=C1/CN2[C@H]3C[C@@]45c6cc(O)ccc6N(C)[C@H]4[C@@H]2C[C@@H]1C3[C@H]5O. The smallest absolute Gasteiger partial charge is 0.116 e. The average Bonchev–Trinajstić information content (AvgIpc) is 2.97. The van der Waals surface area contributed by atoms with E-state index in [1.807, 2.05) is 12.1 Å². The number of aliphatic hydroxyl groups excluding tert-OH is 1. The molecule has 2 unspecified atom stereocenters. The number of nitrogens with zero attached hydrogens (tertiary/aromatic N) is 2. The van der Waals surface area contributed by atoms with Gasteiger partial charge in [-0.25, -0.2) is 0 Å². The first-order valence-electron chi connectivity index (χ1n) is 9.23. The Labute approximate surface area is 142 Å². The van der Waals surface area contributed by atoms with Gasteiger partial charge in [-0.05, 0) is 49.4 Å². The minimum absolute atomic E-state index is 0.197. The molecule has 1 aliphatic carbocycles. The highest BCUT2D eigenvalue weighted by atomic mass is 16.3. The molecule has 0 amide bonds. The summed E-state index contributed by atoms with van der Waals surface area (Å²) in [6.07, 6.45) is 4.18. The molecular weight excluding hydrogens is 300 g/mol. The molecule has 5 aliphatic heterocycles. The maximum Gasteiger partial charge on any atom is 0.116 e. The van der Waals surface area contributed by atoms with E-state index in [1.54, 1.807) is 6.07 Å². The molecule has 1 spiro atoms. The Morgan fingerprint density at radius 2 is 2.12 bits per heavy atom. The minimum Gasteiger partial charge on any atom is -0.508 e. The standard InChI is InChI=1S/C20H24N2O2/c1-3-10-9-22-15-7-12(10)17-16(22)8-20(19(17)24)13-6-11(23)4-5-14(13)21(2)18(15)20/h3-6,12,15-19,23-24H,7-9H2,1-2H3/b10-3-/t12-,15-,16-,17?,18-,19+,20+/m0/s1. The second-order valence-electron chi connectivity index (χ2n) is 8.54. The van der Waals surface area contributed by atoms with Gasteiger partial charge in [0, 0.05) is 42.7 Å². The van der Waals surface area contributed by atoms with Gasteiger partial charge in [-0.1, -0.05) is 11.6 Å². The number of aromatic hydroxyl groups is 1. The lowest BCUT2D eigenvalue weighted by molar-refractivity contribution is -0.0345. The van der Waals surface area contributed by atoms with Gasteiger partial charge in [0.15, 0.2) is 0 Å². The lowest BCUT2D eigenvalue weighted by Crippen LogP contribution is -2.68. The third-order valence-electron chi connectivity index (χ3n) is 8.08. The zero-order chi connectivity index (χ0) is 16.4. The Morgan fingerprint density at radius 3 is 2.92 bits per heavy atom. The number of phenols is 1. The summed E-state index contributed by atoms with van der Waals surface area (Å²) in [6.45, 7) is 3.23. The van der Waals surface area contributed by atoms with Gasteiger partial charge >= 0.3 is 0 Å². The molecule has 4 nitrogen and oxygen atoms in total. The molecule has 6 aliphatic rings. The Morgan fingerprint density at radius 1 is 1.29 bits per heavy atom. The predicted octanol–water partition coefficient (Wildman–Crippen LogP) is 1.86. The summed E-state index contributed by atoms with van der Waals surface area (Å²) in [4.78, 5) is 5.10. The van der Waals surface area contributed by atoms with Crippen LogP contribution in [-0.4, -0.2) is 52.9 Å². The molecule has 1 saturated carbocycles. The molecule has 126 valence electrons. The third kappa shape index (κ3) is 1.20. The first-order valence-corrected chi connectivity index (χ1v) is 9.23. The molecule has 4 saturated heterocycles. The molecule has 5 fully saturated rings. The fourth-order valence-corrected chi connectivity index (χ4v) is 7.38. The van der Waals surface area contributed by atoms with E-state index in [9.17, 15) is 10.2 Å². The number of hydrogen-bond acceptors (Lipinski definition) is 4. The topological polar surface area (TPSA) is 46.9 Å². The second kappa shape index (κ2) is 4.00. The van der Waals surface area contributed by atoms with Crippen LogP contribution >= 0.6 is 0 Å². The summed E-state index contributed by atoms with van der Waals surface area (Å²) in [7, 11) is 2.18. The van der Waals surface area contributed by atoms with Crippen LogP contribution in [0.1, 0.15) is 25.3 Å². The molecule has 1 aromatic carbocycles. The summed E-state index contributed by atoms with van der Waals surface area (Å²) in [5.41, 5.74) is 3.72. The van der Waals surface area contributed by atoms with Crippen molar-refractivity contribution in [2.24, 2.45) is 11.8 Å². The van der Waals surface area contributed by atoms with Crippen molar-refractivity contribution in [2.45, 2.75) is 49.4 Å². The number of likely N-dealkylation sites (N-methyl/N-ethyl adjacent to an activating group) is 1. The number of fused-ring (bicyclic) bond motifs is 2. The molecule has 4 heteroatoms. The Kier molecular flexibility index (Phi) is 2.29. The van der Waals surface area contributed by atoms with E-state index in [0.717, 1.165) is 13.0 Å². The van der Waals surface area contributed by atoms with E-state index in [2.05, 4.69) is 29.8 Å². The largest absolute Gasteiger partial charge is 0.508 e. The van der Waals surface area contributed by atoms with Gasteiger partial charge in [0.25, 0.3) is 0 Å². The van der Waals surface area contributed by atoms with Gasteiger partial charge in [0.05, 0.1) is 12.1 Å². The summed E-state index contributed by atoms with van der Waals surface area (Å²) in [5.74, 6) is 1.22. The Hall–Kier alpha value is -1.52. The molecule has 0 radical (unpaired) electrons. The van der Waals surface area contributed by atoms with Crippen LogP contribution in [0.3, 0.4) is 0 Å². The molecule has 5 heterocycles. The van der Waals surface area contributed by atoms with Crippen molar-refractivity contribution in [3.05, 3.63) is 35.4 Å². The van der Waals surface area contributed by atoms with Crippen LogP contribution in [0.4, 0.5) is 5.69 Å². The van der Waals surface area contributed by atoms with Gasteiger partial charge < -0.3 is 15.1 Å². The average molecular weight is 324 g/mol. The van der Waals surface area contributed by atoms with Gasteiger partial charge in [-0.15, -0.1) is 0 Å². The minimum atomic E-state index is -0.312. The number of benzene rings is 1. The lowest BCUT2D eigenvalue weighted by Gasteiger charge is -2.58. The van der Waals surface area contributed by atoms with Crippen LogP contribution in [0.5, 0.6) is 5.75 Å². The van der Waals surface area contributed by atoms with Crippen LogP contribution in [0, 0.1) is 11.8 Å². The molecular formula is C20H24N2O2. The van der Waals surface area contributed by atoms with E-state index in [1.165, 1.54) is 23.2 Å². The number of phenolic OH excluding ortho intramolecular Hbond substituents is 1. The van der Waals surface area contributed by atoms with Crippen LogP contribution in [0.15, 0.2) is 29.8 Å². The van der Waals surface area contributed by atoms with Crippen LogP contribution < -0.4 is 4.90 Å². The molecule has 5 bridgehead atoms. The third-order valence-corrected chi connectivity index (χ3v) is 8.08. The van der Waals surface area contributed by atoms with Crippen molar-refractivity contribution < 1.29 is 10.2 Å². The van der Waals surface area contributed by atoms with E-state index in [0.29, 0.717) is 35.7 Å². The highest BCUT2D eigenvalue weighted by molar-refractivity contribution is 5.69. The second-order valence-corrected chi connectivity index (χ2v) is 8.54. The maximum absolute atomic E-state index is 11.6. The fraction of sp³-hybridized carbons (Fsp3) is 0.600. The van der Waals surface area contributed by atoms with Gasteiger partial charge in [0.1, 0.15) is 5.75 Å². The summed E-state index contributed by atoms with van der Waals surface area (Å²) >= 11 is 0. The molecule has 2 N–H and O–H groups in total. The number of allylic oxidation sites excluding steroid dienone is 1. The van der Waals surface area contributed by atoms with E-state index < -0.39 is 0 Å². The number of piperidine rings is 4. The quantitative estimate of drug-likeness (QED) is 0.715. The van der Waals surface area contributed by atoms with Gasteiger partial charge in [0.2, 0.25) is 0 Å². The van der Waals surface area contributed by atoms with Crippen molar-refractivity contribution in [1.29, 1.82) is 0 Å². The van der Waals surface area contributed by atoms with E-state index >= 15 is 0 Å². The summed E-state index contributed by atoms with van der Waals surface area (Å²) in [6, 6.07) is 7.10. The molecule has 8 atom stereocenters. The van der Waals surface area contributed by atoms with Gasteiger partial charge in [-0.3, -0.25) is 4.90 Å². The van der Waals surface area contributed by atoms with Crippen LogP contribution in [-0.2, 0) is 5.41 Å². The maximum atomic E-state index is 11.6. The zero-order valence-corrected chi connectivity index (χ0v) is 14.2. The first kappa shape index (κ1) is 13.7. The number of rotatable bonds is 0. The van der Waals surface area contributed by atoms with Crippen LogP contribution in [0.2, 0.25) is 0 Å². The van der Waals surface area contributed by atoms with E-state index in [4.69, 9.17) is 0 Å². The summed E-state index contributed by atoms with van der Waals surface area (Å²) in [5, 5.41) is 21.7.